The summed E-state index contributed by atoms with van der Waals surface area (Å²) >= 11 is 2.14. The third-order valence-corrected chi connectivity index (χ3v) is 1.41. The molecular weight excluding hydrogens is 225 g/mol. The van der Waals surface area contributed by atoms with E-state index in [0.717, 1.165) is 0 Å². The summed E-state index contributed by atoms with van der Waals surface area (Å²) in [6, 6.07) is 0. The topological polar surface area (TPSA) is 0 Å². The van der Waals surface area contributed by atoms with E-state index >= 15 is 0 Å². The summed E-state index contributed by atoms with van der Waals surface area (Å²) in [4.78, 5) is 0. The van der Waals surface area contributed by atoms with Crippen molar-refractivity contribution in [1.29, 1.82) is 0 Å². The van der Waals surface area contributed by atoms with E-state index in [9.17, 15) is 8.78 Å². The SMILES string of the molecule is CC(I)CCC(F)F. The van der Waals surface area contributed by atoms with Gasteiger partial charge in [0.2, 0.25) is 6.43 Å². The molecule has 0 spiro atoms. The Kier molecular flexibility index (Phi) is 4.80. The number of hydrogen-bond donors (Lipinski definition) is 0. The highest BCUT2D eigenvalue weighted by molar-refractivity contribution is 14.1. The van der Waals surface area contributed by atoms with Crippen molar-refractivity contribution in [3.63, 3.8) is 0 Å². The standard InChI is InChI=1S/C5H9F2I/c1-4(8)2-3-5(6)7/h4-5H,2-3H2,1H3. The predicted molar refractivity (Wildman–Crippen MR) is 38.7 cm³/mol. The molecule has 0 heterocycles. The fourth-order valence-corrected chi connectivity index (χ4v) is 0.715. The molecule has 0 bridgehead atoms. The monoisotopic (exact) mass is 234 g/mol. The smallest absolute Gasteiger partial charge is 0.211 e. The van der Waals surface area contributed by atoms with E-state index in [1.807, 2.05) is 6.92 Å². The van der Waals surface area contributed by atoms with Gasteiger partial charge in [0.05, 0.1) is 0 Å². The number of alkyl halides is 3. The van der Waals surface area contributed by atoms with Crippen LogP contribution < -0.4 is 0 Å². The Balaban J connectivity index is 2.93. The fraction of sp³-hybridized carbons (Fsp3) is 1.00. The van der Waals surface area contributed by atoms with Crippen molar-refractivity contribution < 1.29 is 8.78 Å². The van der Waals surface area contributed by atoms with Crippen LogP contribution in [0.25, 0.3) is 0 Å². The zero-order valence-corrected chi connectivity index (χ0v) is 6.86. The van der Waals surface area contributed by atoms with Crippen LogP contribution in [-0.2, 0) is 0 Å². The Morgan fingerprint density at radius 3 is 2.00 bits per heavy atom. The van der Waals surface area contributed by atoms with Crippen LogP contribution in [0.15, 0.2) is 0 Å². The van der Waals surface area contributed by atoms with E-state index in [-0.39, 0.29) is 6.42 Å². The summed E-state index contributed by atoms with van der Waals surface area (Å²) in [5.74, 6) is 0. The molecule has 1 unspecified atom stereocenters. The molecule has 0 saturated heterocycles. The van der Waals surface area contributed by atoms with Crippen LogP contribution in [-0.4, -0.2) is 10.4 Å². The van der Waals surface area contributed by atoms with E-state index in [1.165, 1.54) is 0 Å². The average molecular weight is 234 g/mol. The van der Waals surface area contributed by atoms with Crippen LogP contribution in [0.2, 0.25) is 0 Å². The third kappa shape index (κ3) is 6.59. The first-order chi connectivity index (χ1) is 3.63. The first kappa shape index (κ1) is 8.59. The molecule has 0 saturated carbocycles. The second-order valence-corrected chi connectivity index (χ2v) is 3.88. The Morgan fingerprint density at radius 1 is 1.38 bits per heavy atom. The highest BCUT2D eigenvalue weighted by atomic mass is 127. The van der Waals surface area contributed by atoms with Gasteiger partial charge in [-0.25, -0.2) is 8.78 Å². The summed E-state index contributed by atoms with van der Waals surface area (Å²) in [6.45, 7) is 1.93. The molecule has 8 heavy (non-hydrogen) atoms. The lowest BCUT2D eigenvalue weighted by Crippen LogP contribution is -1.95. The molecule has 0 aliphatic carbocycles. The van der Waals surface area contributed by atoms with Gasteiger partial charge in [0.15, 0.2) is 0 Å². The Hall–Kier alpha value is 0.590. The predicted octanol–water partition coefficient (Wildman–Crippen LogP) is 2.86. The minimum atomic E-state index is -2.12. The van der Waals surface area contributed by atoms with E-state index in [0.29, 0.717) is 10.3 Å². The zero-order valence-electron chi connectivity index (χ0n) is 4.70. The highest BCUT2D eigenvalue weighted by Crippen LogP contribution is 2.11. The van der Waals surface area contributed by atoms with Crippen molar-refractivity contribution in [2.45, 2.75) is 30.1 Å². The number of halogens is 3. The van der Waals surface area contributed by atoms with Gasteiger partial charge in [-0.3, -0.25) is 0 Å². The van der Waals surface area contributed by atoms with Gasteiger partial charge in [0, 0.05) is 10.3 Å². The van der Waals surface area contributed by atoms with Crippen molar-refractivity contribution in [3.05, 3.63) is 0 Å². The molecular formula is C5H9F2I. The quantitative estimate of drug-likeness (QED) is 0.520. The van der Waals surface area contributed by atoms with Gasteiger partial charge in [-0.1, -0.05) is 29.5 Å². The molecule has 0 aromatic rings. The second kappa shape index (κ2) is 4.47. The first-order valence-corrected chi connectivity index (χ1v) is 3.79. The molecule has 0 nitrogen and oxygen atoms in total. The van der Waals surface area contributed by atoms with Crippen molar-refractivity contribution in [2.75, 3.05) is 0 Å². The van der Waals surface area contributed by atoms with Gasteiger partial charge < -0.3 is 0 Å². The molecule has 3 heteroatoms. The summed E-state index contributed by atoms with van der Waals surface area (Å²) in [7, 11) is 0. The summed E-state index contributed by atoms with van der Waals surface area (Å²) < 4.78 is 23.2. The Morgan fingerprint density at radius 2 is 1.88 bits per heavy atom. The number of rotatable bonds is 3. The van der Waals surface area contributed by atoms with Gasteiger partial charge >= 0.3 is 0 Å². The van der Waals surface area contributed by atoms with Crippen molar-refractivity contribution >= 4 is 22.6 Å². The van der Waals surface area contributed by atoms with Crippen molar-refractivity contribution in [1.82, 2.24) is 0 Å². The molecule has 1 atom stereocenters. The summed E-state index contributed by atoms with van der Waals surface area (Å²) in [5, 5.41) is 0. The summed E-state index contributed by atoms with van der Waals surface area (Å²) in [5.41, 5.74) is 0. The largest absolute Gasteiger partial charge is 0.238 e. The van der Waals surface area contributed by atoms with Gasteiger partial charge in [-0.2, -0.15) is 0 Å². The molecule has 0 aliphatic rings. The van der Waals surface area contributed by atoms with Gasteiger partial charge in [0.1, 0.15) is 0 Å². The highest BCUT2D eigenvalue weighted by Gasteiger charge is 2.03. The first-order valence-electron chi connectivity index (χ1n) is 2.55. The van der Waals surface area contributed by atoms with Crippen LogP contribution in [0, 0.1) is 0 Å². The molecule has 50 valence electrons. The maximum atomic E-state index is 11.4. The maximum Gasteiger partial charge on any atom is 0.238 e. The minimum Gasteiger partial charge on any atom is -0.211 e. The lowest BCUT2D eigenvalue weighted by atomic mass is 10.3. The minimum absolute atomic E-state index is 0.0457. The van der Waals surface area contributed by atoms with Crippen LogP contribution in [0.5, 0.6) is 0 Å². The summed E-state index contributed by atoms with van der Waals surface area (Å²) in [6.07, 6.45) is -1.45. The molecule has 0 aliphatic heterocycles. The molecule has 0 fully saturated rings. The molecule has 0 aromatic carbocycles. The normalized spacial score (nSPS) is 14.6. The van der Waals surface area contributed by atoms with E-state index in [1.54, 1.807) is 0 Å². The molecule has 0 N–H and O–H groups in total. The van der Waals surface area contributed by atoms with E-state index in [4.69, 9.17) is 0 Å². The lowest BCUT2D eigenvalue weighted by molar-refractivity contribution is 0.135. The third-order valence-electron chi connectivity index (χ3n) is 0.783. The lowest BCUT2D eigenvalue weighted by Gasteiger charge is -1.99. The van der Waals surface area contributed by atoms with E-state index in [2.05, 4.69) is 22.6 Å². The molecule has 0 rings (SSSR count). The second-order valence-electron chi connectivity index (χ2n) is 1.75. The van der Waals surface area contributed by atoms with E-state index < -0.39 is 6.43 Å². The molecule has 0 aromatic heterocycles. The van der Waals surface area contributed by atoms with Crippen LogP contribution in [0.4, 0.5) is 8.78 Å². The average Bonchev–Trinajstić information content (AvgIpc) is 1.61. The van der Waals surface area contributed by atoms with Crippen molar-refractivity contribution in [3.8, 4) is 0 Å². The van der Waals surface area contributed by atoms with Gasteiger partial charge in [-0.15, -0.1) is 0 Å². The molecule has 0 amide bonds. The Labute approximate surface area is 61.8 Å². The van der Waals surface area contributed by atoms with Gasteiger partial charge in [0.25, 0.3) is 0 Å². The van der Waals surface area contributed by atoms with Crippen molar-refractivity contribution in [2.24, 2.45) is 0 Å². The number of hydrogen-bond acceptors (Lipinski definition) is 0. The van der Waals surface area contributed by atoms with Crippen LogP contribution in [0.3, 0.4) is 0 Å². The van der Waals surface area contributed by atoms with Gasteiger partial charge in [-0.05, 0) is 6.42 Å². The maximum absolute atomic E-state index is 11.4. The van der Waals surface area contributed by atoms with Crippen LogP contribution in [0.1, 0.15) is 19.8 Å². The fourth-order valence-electron chi connectivity index (χ4n) is 0.356. The van der Waals surface area contributed by atoms with Crippen LogP contribution >= 0.6 is 22.6 Å². The zero-order chi connectivity index (χ0) is 6.57. The molecule has 0 radical (unpaired) electrons. The Bertz CT molecular complexity index is 46.4.